The molecule has 7 nitrogen and oxygen atoms in total. The Morgan fingerprint density at radius 1 is 1.28 bits per heavy atom. The molecule has 0 saturated carbocycles. The number of benzene rings is 1. The monoisotopic (exact) mass is 506 g/mol. The van der Waals surface area contributed by atoms with Crippen LogP contribution < -0.4 is 5.32 Å². The summed E-state index contributed by atoms with van der Waals surface area (Å²) in [4.78, 5) is 11.3. The molecule has 2 unspecified atom stereocenters. The molecule has 1 aromatic carbocycles. The lowest BCUT2D eigenvalue weighted by Gasteiger charge is -2.38. The first kappa shape index (κ1) is 21.4. The maximum Gasteiger partial charge on any atom is 0.216 e. The summed E-state index contributed by atoms with van der Waals surface area (Å²) in [7, 11) is 1.82. The van der Waals surface area contributed by atoms with Gasteiger partial charge < -0.3 is 14.6 Å². The van der Waals surface area contributed by atoms with Gasteiger partial charge in [0.15, 0.2) is 11.7 Å². The number of halogens is 1. The van der Waals surface area contributed by atoms with Crippen molar-refractivity contribution in [3.8, 4) is 11.6 Å². The van der Waals surface area contributed by atoms with Gasteiger partial charge in [0.1, 0.15) is 5.82 Å². The van der Waals surface area contributed by atoms with Gasteiger partial charge >= 0.3 is 0 Å². The van der Waals surface area contributed by atoms with Crippen LogP contribution in [0.3, 0.4) is 0 Å². The highest BCUT2D eigenvalue weighted by Crippen LogP contribution is 2.32. The highest BCUT2D eigenvalue weighted by molar-refractivity contribution is 14.0. The van der Waals surface area contributed by atoms with Gasteiger partial charge in [-0.05, 0) is 36.0 Å². The lowest BCUT2D eigenvalue weighted by atomic mass is 9.82. The average Bonchev–Trinajstić information content (AvgIpc) is 3.41. The Morgan fingerprint density at radius 3 is 2.79 bits per heavy atom. The van der Waals surface area contributed by atoms with E-state index < -0.39 is 0 Å². The van der Waals surface area contributed by atoms with E-state index in [0.717, 1.165) is 31.3 Å². The molecule has 154 valence electrons. The number of nitrogens with one attached hydrogen (secondary N) is 2. The fraction of sp³-hybridized carbons (Fsp3) is 0.381. The third-order valence-electron chi connectivity index (χ3n) is 5.33. The molecule has 0 bridgehead atoms. The largest absolute Gasteiger partial charge is 0.461 e. The van der Waals surface area contributed by atoms with Gasteiger partial charge in [0, 0.05) is 20.1 Å². The van der Waals surface area contributed by atoms with Crippen molar-refractivity contribution in [2.24, 2.45) is 10.9 Å². The van der Waals surface area contributed by atoms with Crippen LogP contribution in [0.4, 0.5) is 0 Å². The van der Waals surface area contributed by atoms with Crippen LogP contribution in [0.5, 0.6) is 0 Å². The number of hydrogen-bond acceptors (Lipinski definition) is 4. The zero-order valence-corrected chi connectivity index (χ0v) is 19.0. The number of aliphatic imine (C=N–C) groups is 1. The molecule has 1 saturated heterocycles. The molecule has 29 heavy (non-hydrogen) atoms. The minimum absolute atomic E-state index is 0. The summed E-state index contributed by atoms with van der Waals surface area (Å²) in [6, 6.07) is 14.5. The zero-order valence-electron chi connectivity index (χ0n) is 16.7. The van der Waals surface area contributed by atoms with E-state index in [1.807, 2.05) is 19.2 Å². The van der Waals surface area contributed by atoms with Crippen LogP contribution in [0.15, 0.2) is 58.1 Å². The predicted octanol–water partition coefficient (Wildman–Crippen LogP) is 3.88. The molecule has 3 aromatic rings. The predicted molar refractivity (Wildman–Crippen MR) is 124 cm³/mol. The van der Waals surface area contributed by atoms with Crippen molar-refractivity contribution in [1.82, 2.24) is 25.4 Å². The van der Waals surface area contributed by atoms with Crippen molar-refractivity contribution in [3.05, 3.63) is 60.1 Å². The van der Waals surface area contributed by atoms with Gasteiger partial charge in [-0.25, -0.2) is 4.98 Å². The second kappa shape index (κ2) is 9.91. The molecule has 8 heteroatoms. The molecule has 2 atom stereocenters. The van der Waals surface area contributed by atoms with E-state index in [0.29, 0.717) is 30.0 Å². The molecular formula is C21H27IN6O. The van der Waals surface area contributed by atoms with Crippen molar-refractivity contribution in [2.75, 3.05) is 20.1 Å². The van der Waals surface area contributed by atoms with E-state index in [1.54, 1.807) is 6.26 Å². The van der Waals surface area contributed by atoms with E-state index in [1.165, 1.54) is 5.56 Å². The number of H-pyrrole nitrogens is 1. The third-order valence-corrected chi connectivity index (χ3v) is 5.33. The van der Waals surface area contributed by atoms with Crippen LogP contribution in [0.2, 0.25) is 0 Å². The van der Waals surface area contributed by atoms with Crippen molar-refractivity contribution in [1.29, 1.82) is 0 Å². The Balaban J connectivity index is 0.00000240. The molecule has 0 amide bonds. The Morgan fingerprint density at radius 2 is 2.10 bits per heavy atom. The Hall–Kier alpha value is -2.36. The van der Waals surface area contributed by atoms with E-state index in [-0.39, 0.29) is 24.0 Å². The van der Waals surface area contributed by atoms with Crippen LogP contribution >= 0.6 is 24.0 Å². The number of piperidine rings is 1. The smallest absolute Gasteiger partial charge is 0.216 e. The highest BCUT2D eigenvalue weighted by atomic mass is 127. The van der Waals surface area contributed by atoms with Crippen molar-refractivity contribution in [3.63, 3.8) is 0 Å². The summed E-state index contributed by atoms with van der Waals surface area (Å²) >= 11 is 0. The van der Waals surface area contributed by atoms with E-state index in [9.17, 15) is 0 Å². The standard InChI is InChI=1S/C21H26N6O.HI/c1-15-14-27(11-10-17(15)16-7-4-3-5-8-16)21(22-2)23-13-19-24-20(26-25-19)18-9-6-12-28-18;/h3-9,12,15,17H,10-11,13-14H2,1-2H3,(H,22,23)(H,24,25,26);1H. The van der Waals surface area contributed by atoms with Crippen LogP contribution in [-0.4, -0.2) is 46.2 Å². The van der Waals surface area contributed by atoms with Gasteiger partial charge in [0.05, 0.1) is 12.8 Å². The fourth-order valence-electron chi connectivity index (χ4n) is 3.92. The lowest BCUT2D eigenvalue weighted by molar-refractivity contribution is 0.234. The number of aromatic amines is 1. The number of rotatable bonds is 4. The molecule has 3 heterocycles. The Labute approximate surface area is 188 Å². The summed E-state index contributed by atoms with van der Waals surface area (Å²) in [5, 5.41) is 10.6. The first-order chi connectivity index (χ1) is 13.7. The molecule has 0 spiro atoms. The fourth-order valence-corrected chi connectivity index (χ4v) is 3.92. The second-order valence-electron chi connectivity index (χ2n) is 7.21. The normalized spacial score (nSPS) is 19.7. The SMILES string of the molecule is CN=C(NCc1nc(-c2ccco2)n[nH]1)N1CCC(c2ccccc2)C(C)C1.I. The van der Waals surface area contributed by atoms with E-state index in [4.69, 9.17) is 4.42 Å². The summed E-state index contributed by atoms with van der Waals surface area (Å²) in [5.74, 6) is 4.03. The molecule has 2 aromatic heterocycles. The average molecular weight is 506 g/mol. The molecule has 2 N–H and O–H groups in total. The topological polar surface area (TPSA) is 82.3 Å². The number of nitrogens with zero attached hydrogens (tertiary/aromatic N) is 4. The van der Waals surface area contributed by atoms with Crippen LogP contribution in [0.25, 0.3) is 11.6 Å². The molecule has 0 radical (unpaired) electrons. The van der Waals surface area contributed by atoms with Crippen LogP contribution in [-0.2, 0) is 6.54 Å². The maximum absolute atomic E-state index is 5.34. The lowest BCUT2D eigenvalue weighted by Crippen LogP contribution is -2.47. The van der Waals surface area contributed by atoms with Gasteiger partial charge in [0.25, 0.3) is 0 Å². The van der Waals surface area contributed by atoms with Crippen molar-refractivity contribution >= 4 is 29.9 Å². The highest BCUT2D eigenvalue weighted by Gasteiger charge is 2.28. The first-order valence-corrected chi connectivity index (χ1v) is 9.70. The third kappa shape index (κ3) is 4.98. The van der Waals surface area contributed by atoms with Crippen molar-refractivity contribution in [2.45, 2.75) is 25.8 Å². The Bertz CT molecular complexity index is 908. The van der Waals surface area contributed by atoms with Gasteiger partial charge in [-0.3, -0.25) is 10.1 Å². The summed E-state index contributed by atoms with van der Waals surface area (Å²) < 4.78 is 5.34. The van der Waals surface area contributed by atoms with Gasteiger partial charge in [-0.2, -0.15) is 0 Å². The second-order valence-corrected chi connectivity index (χ2v) is 7.21. The number of hydrogen-bond donors (Lipinski definition) is 2. The molecule has 1 aliphatic rings. The van der Waals surface area contributed by atoms with E-state index >= 15 is 0 Å². The molecule has 4 rings (SSSR count). The summed E-state index contributed by atoms with van der Waals surface area (Å²) in [6.07, 6.45) is 2.74. The zero-order chi connectivity index (χ0) is 19.3. The number of likely N-dealkylation sites (tertiary alicyclic amines) is 1. The molecular weight excluding hydrogens is 479 g/mol. The molecule has 1 aliphatic heterocycles. The number of aromatic nitrogens is 3. The van der Waals surface area contributed by atoms with Crippen molar-refractivity contribution < 1.29 is 4.42 Å². The molecule has 1 fully saturated rings. The molecule has 0 aliphatic carbocycles. The quantitative estimate of drug-likeness (QED) is 0.319. The van der Waals surface area contributed by atoms with E-state index in [2.05, 4.69) is 67.6 Å². The first-order valence-electron chi connectivity index (χ1n) is 9.70. The summed E-state index contributed by atoms with van der Waals surface area (Å²) in [5.41, 5.74) is 1.43. The Kier molecular flexibility index (Phi) is 7.29. The van der Waals surface area contributed by atoms with Gasteiger partial charge in [0.2, 0.25) is 5.82 Å². The van der Waals surface area contributed by atoms with Crippen LogP contribution in [0, 0.1) is 5.92 Å². The number of guanidine groups is 1. The summed E-state index contributed by atoms with van der Waals surface area (Å²) in [6.45, 7) is 4.82. The van der Waals surface area contributed by atoms with Crippen LogP contribution in [0.1, 0.15) is 30.7 Å². The number of furan rings is 1. The maximum atomic E-state index is 5.34. The minimum Gasteiger partial charge on any atom is -0.461 e. The minimum atomic E-state index is 0. The van der Waals surface area contributed by atoms with Gasteiger partial charge in [-0.1, -0.05) is 37.3 Å². The van der Waals surface area contributed by atoms with Gasteiger partial charge in [-0.15, -0.1) is 29.1 Å².